The lowest BCUT2D eigenvalue weighted by Gasteiger charge is -2.23. The third kappa shape index (κ3) is 7.32. The van der Waals surface area contributed by atoms with Crippen molar-refractivity contribution in [3.05, 3.63) is 107 Å². The van der Waals surface area contributed by atoms with Crippen LogP contribution in [0.2, 0.25) is 0 Å². The molecule has 0 radical (unpaired) electrons. The average Bonchev–Trinajstić information content (AvgIpc) is 3.81. The summed E-state index contributed by atoms with van der Waals surface area (Å²) in [4.78, 5) is 31.8. The molecule has 0 unspecified atom stereocenters. The van der Waals surface area contributed by atoms with E-state index in [1.54, 1.807) is 35.0 Å². The van der Waals surface area contributed by atoms with Crippen LogP contribution in [0.1, 0.15) is 69.6 Å². The van der Waals surface area contributed by atoms with Crippen molar-refractivity contribution >= 4 is 23.2 Å². The van der Waals surface area contributed by atoms with E-state index in [1.165, 1.54) is 42.1 Å². The maximum atomic E-state index is 13.3. The second kappa shape index (κ2) is 14.7. The number of benzene rings is 2. The Morgan fingerprint density at radius 1 is 0.706 bits per heavy atom. The van der Waals surface area contributed by atoms with Crippen molar-refractivity contribution in [2.24, 2.45) is 0 Å². The number of ether oxygens (including phenoxy) is 3. The molecule has 6 heterocycles. The van der Waals surface area contributed by atoms with Crippen molar-refractivity contribution in [1.29, 1.82) is 0 Å². The zero-order valence-electron chi connectivity index (χ0n) is 27.7. The normalized spacial score (nSPS) is 15.4. The van der Waals surface area contributed by atoms with Crippen LogP contribution in [0, 0.1) is 11.6 Å². The van der Waals surface area contributed by atoms with E-state index in [-0.39, 0.29) is 34.9 Å². The van der Waals surface area contributed by atoms with Crippen molar-refractivity contribution in [3.8, 4) is 22.5 Å². The van der Waals surface area contributed by atoms with Gasteiger partial charge in [0.1, 0.15) is 11.6 Å². The minimum atomic E-state index is -1.09. The fourth-order valence-corrected chi connectivity index (χ4v) is 6.45. The molecule has 0 bridgehead atoms. The van der Waals surface area contributed by atoms with Gasteiger partial charge in [-0.25, -0.2) is 37.4 Å². The summed E-state index contributed by atoms with van der Waals surface area (Å²) in [6, 6.07) is 16.2. The Bertz CT molecular complexity index is 2190. The first-order chi connectivity index (χ1) is 24.8. The Labute approximate surface area is 290 Å². The number of hydrogen-bond acceptors (Lipinski definition) is 9. The summed E-state index contributed by atoms with van der Waals surface area (Å²) in [5.41, 5.74) is 6.25. The summed E-state index contributed by atoms with van der Waals surface area (Å²) >= 11 is 0. The molecule has 51 heavy (non-hydrogen) atoms. The molecular formula is C37H34F2N6O6. The van der Waals surface area contributed by atoms with Crippen LogP contribution in [0.4, 0.5) is 8.78 Å². The minimum Gasteiger partial charge on any atom is -0.476 e. The molecule has 14 heteroatoms. The smallest absolute Gasteiger partial charge is 0.358 e. The Kier molecular flexibility index (Phi) is 9.77. The van der Waals surface area contributed by atoms with Crippen LogP contribution in [0.15, 0.2) is 73.1 Å². The number of rotatable bonds is 6. The number of halogens is 2. The van der Waals surface area contributed by atoms with Gasteiger partial charge >= 0.3 is 11.9 Å². The molecule has 0 amide bonds. The SMILES string of the molecule is COC(=O)c1cn2nc(-c3ccc(F)cc3)cc(C3CCOCC3)c2n1.O=C(O)c1cn2nc(-c3ccc(F)cc3)cc(C3CCOCC3)c2n1. The third-order valence-corrected chi connectivity index (χ3v) is 9.12. The van der Waals surface area contributed by atoms with E-state index in [0.29, 0.717) is 49.1 Å². The van der Waals surface area contributed by atoms with E-state index in [9.17, 15) is 23.5 Å². The van der Waals surface area contributed by atoms with E-state index in [4.69, 9.17) is 14.2 Å². The Morgan fingerprint density at radius 3 is 1.53 bits per heavy atom. The van der Waals surface area contributed by atoms with Gasteiger partial charge in [-0.3, -0.25) is 0 Å². The maximum Gasteiger partial charge on any atom is 0.358 e. The number of aromatic carboxylic acids is 1. The van der Waals surface area contributed by atoms with Gasteiger partial charge in [-0.05, 0) is 98.2 Å². The molecule has 4 aromatic heterocycles. The lowest BCUT2D eigenvalue weighted by Crippen LogP contribution is -2.15. The van der Waals surface area contributed by atoms with Gasteiger partial charge < -0.3 is 19.3 Å². The third-order valence-electron chi connectivity index (χ3n) is 9.12. The Morgan fingerprint density at radius 2 is 1.12 bits per heavy atom. The number of carbonyl (C=O) groups excluding carboxylic acids is 1. The average molecular weight is 697 g/mol. The number of fused-ring (bicyclic) bond motifs is 2. The monoisotopic (exact) mass is 696 g/mol. The number of aromatic nitrogens is 6. The highest BCUT2D eigenvalue weighted by Crippen LogP contribution is 2.34. The van der Waals surface area contributed by atoms with Gasteiger partial charge in [0.2, 0.25) is 0 Å². The van der Waals surface area contributed by atoms with Crippen molar-refractivity contribution in [1.82, 2.24) is 29.2 Å². The lowest BCUT2D eigenvalue weighted by atomic mass is 9.91. The molecule has 6 aromatic rings. The van der Waals surface area contributed by atoms with E-state index < -0.39 is 11.9 Å². The molecule has 0 saturated carbocycles. The van der Waals surface area contributed by atoms with Crippen LogP contribution in [-0.2, 0) is 14.2 Å². The lowest BCUT2D eigenvalue weighted by molar-refractivity contribution is 0.0593. The summed E-state index contributed by atoms with van der Waals surface area (Å²) in [6.45, 7) is 2.71. The predicted octanol–water partition coefficient (Wildman–Crippen LogP) is 6.34. The van der Waals surface area contributed by atoms with E-state index >= 15 is 0 Å². The molecule has 0 atom stereocenters. The molecule has 2 aliphatic rings. The van der Waals surface area contributed by atoms with Gasteiger partial charge in [0.05, 0.1) is 30.9 Å². The van der Waals surface area contributed by atoms with Crippen LogP contribution in [0.5, 0.6) is 0 Å². The number of carboxylic acids is 1. The van der Waals surface area contributed by atoms with Crippen LogP contribution >= 0.6 is 0 Å². The first-order valence-electron chi connectivity index (χ1n) is 16.6. The zero-order chi connectivity index (χ0) is 35.5. The highest BCUT2D eigenvalue weighted by molar-refractivity contribution is 5.88. The first kappa shape index (κ1) is 33.9. The van der Waals surface area contributed by atoms with Gasteiger partial charge in [-0.2, -0.15) is 10.2 Å². The number of hydrogen-bond donors (Lipinski definition) is 1. The molecule has 2 aromatic carbocycles. The summed E-state index contributed by atoms with van der Waals surface area (Å²) in [7, 11) is 1.32. The zero-order valence-corrected chi connectivity index (χ0v) is 27.7. The van der Waals surface area contributed by atoms with Gasteiger partial charge in [0.15, 0.2) is 22.7 Å². The number of carbonyl (C=O) groups is 2. The standard InChI is InChI=1S/C19H18FN3O3.C18H16FN3O3/c1-25-19(24)17-11-23-18(21-17)15(12-6-8-26-9-7-12)10-16(22-23)13-2-4-14(20)5-3-13;19-13-3-1-12(2-4-13)15-9-14(11-5-7-25-8-6-11)17-20-16(18(23)24)10-22(17)21-15/h2-5,10-12H,6-9H2,1H3;1-4,9-11H,5-8H2,(H,23,24). The molecule has 2 aliphatic heterocycles. The number of imidazole rings is 2. The maximum absolute atomic E-state index is 13.3. The minimum absolute atomic E-state index is 0.0444. The summed E-state index contributed by atoms with van der Waals surface area (Å²) in [6.07, 6.45) is 6.42. The molecule has 0 spiro atoms. The summed E-state index contributed by atoms with van der Waals surface area (Å²) < 4.78 is 45.2. The number of esters is 1. The van der Waals surface area contributed by atoms with Crippen LogP contribution < -0.4 is 0 Å². The van der Waals surface area contributed by atoms with Crippen LogP contribution in [-0.4, -0.2) is 79.8 Å². The molecule has 2 saturated heterocycles. The van der Waals surface area contributed by atoms with Crippen molar-refractivity contribution < 1.29 is 37.7 Å². The first-order valence-corrected chi connectivity index (χ1v) is 16.6. The number of carboxylic acid groups (broad SMARTS) is 1. The van der Waals surface area contributed by atoms with E-state index in [0.717, 1.165) is 47.9 Å². The summed E-state index contributed by atoms with van der Waals surface area (Å²) in [5.74, 6) is -1.72. The second-order valence-electron chi connectivity index (χ2n) is 12.3. The van der Waals surface area contributed by atoms with Crippen molar-refractivity contribution in [2.45, 2.75) is 37.5 Å². The highest BCUT2D eigenvalue weighted by Gasteiger charge is 2.25. The van der Waals surface area contributed by atoms with Gasteiger partial charge in [0, 0.05) is 48.7 Å². The van der Waals surface area contributed by atoms with Crippen LogP contribution in [0.3, 0.4) is 0 Å². The van der Waals surface area contributed by atoms with Gasteiger partial charge in [0.25, 0.3) is 0 Å². The van der Waals surface area contributed by atoms with E-state index in [1.807, 2.05) is 12.1 Å². The van der Waals surface area contributed by atoms with Crippen molar-refractivity contribution in [2.75, 3.05) is 33.5 Å². The summed E-state index contributed by atoms with van der Waals surface area (Å²) in [5, 5.41) is 18.3. The number of nitrogens with zero attached hydrogens (tertiary/aromatic N) is 6. The van der Waals surface area contributed by atoms with Crippen LogP contribution in [0.25, 0.3) is 33.8 Å². The fraction of sp³-hybridized carbons (Fsp3) is 0.297. The Balaban J connectivity index is 0.000000159. The molecule has 1 N–H and O–H groups in total. The fourth-order valence-electron chi connectivity index (χ4n) is 6.45. The predicted molar refractivity (Wildman–Crippen MR) is 181 cm³/mol. The van der Waals surface area contributed by atoms with Crippen molar-refractivity contribution in [3.63, 3.8) is 0 Å². The molecule has 8 rings (SSSR count). The van der Waals surface area contributed by atoms with Gasteiger partial charge in [-0.15, -0.1) is 0 Å². The van der Waals surface area contributed by atoms with Gasteiger partial charge in [-0.1, -0.05) is 0 Å². The quantitative estimate of drug-likeness (QED) is 0.196. The highest BCUT2D eigenvalue weighted by atomic mass is 19.1. The molecule has 0 aliphatic carbocycles. The van der Waals surface area contributed by atoms with E-state index in [2.05, 4.69) is 20.2 Å². The Hall–Kier alpha value is -5.60. The molecular weight excluding hydrogens is 662 g/mol. The molecule has 12 nitrogen and oxygen atoms in total. The largest absolute Gasteiger partial charge is 0.476 e. The molecule has 2 fully saturated rings. The second-order valence-corrected chi connectivity index (χ2v) is 12.3. The topological polar surface area (TPSA) is 142 Å². The molecule has 262 valence electrons. The number of methoxy groups -OCH3 is 1.